The van der Waals surface area contributed by atoms with Crippen LogP contribution in [0.5, 0.6) is 5.88 Å². The molecule has 24 heavy (non-hydrogen) atoms. The normalized spacial score (nSPS) is 11.2. The van der Waals surface area contributed by atoms with Gasteiger partial charge in [-0.1, -0.05) is 18.2 Å². The number of hydrogen-bond donors (Lipinski definition) is 1. The predicted octanol–water partition coefficient (Wildman–Crippen LogP) is 2.83. The lowest BCUT2D eigenvalue weighted by Crippen LogP contribution is -2.38. The summed E-state index contributed by atoms with van der Waals surface area (Å²) >= 11 is 0. The molecule has 0 radical (unpaired) electrons. The lowest BCUT2D eigenvalue weighted by Gasteiger charge is -2.22. The number of benzene rings is 1. The molecule has 1 aromatic carbocycles. The highest BCUT2D eigenvalue weighted by atomic mass is 19.1. The van der Waals surface area contributed by atoms with Crippen LogP contribution >= 0.6 is 0 Å². The molecule has 0 aliphatic carbocycles. The van der Waals surface area contributed by atoms with E-state index in [9.17, 15) is 4.39 Å². The summed E-state index contributed by atoms with van der Waals surface area (Å²) < 4.78 is 18.4. The van der Waals surface area contributed by atoms with Gasteiger partial charge < -0.3 is 15.0 Å². The number of guanidine groups is 1. The van der Waals surface area contributed by atoms with Gasteiger partial charge in [-0.3, -0.25) is 0 Å². The topological polar surface area (TPSA) is 49.8 Å². The van der Waals surface area contributed by atoms with E-state index in [2.05, 4.69) is 15.3 Å². The Morgan fingerprint density at radius 2 is 2.12 bits per heavy atom. The third-order valence-corrected chi connectivity index (χ3v) is 3.42. The Hall–Kier alpha value is -2.63. The zero-order valence-corrected chi connectivity index (χ0v) is 14.3. The molecule has 0 saturated heterocycles. The highest BCUT2D eigenvalue weighted by Gasteiger charge is 2.07. The van der Waals surface area contributed by atoms with Crippen LogP contribution < -0.4 is 10.1 Å². The molecule has 0 fully saturated rings. The summed E-state index contributed by atoms with van der Waals surface area (Å²) in [5.74, 6) is 1.11. The molecule has 0 aliphatic heterocycles. The van der Waals surface area contributed by atoms with Gasteiger partial charge in [0.1, 0.15) is 5.82 Å². The maximum Gasteiger partial charge on any atom is 0.212 e. The first-order valence-corrected chi connectivity index (χ1v) is 7.85. The van der Waals surface area contributed by atoms with Crippen molar-refractivity contribution in [3.05, 3.63) is 59.5 Å². The molecule has 128 valence electrons. The minimum atomic E-state index is -0.229. The number of ether oxygens (including phenoxy) is 1. The molecule has 1 heterocycles. The third kappa shape index (κ3) is 5.22. The van der Waals surface area contributed by atoms with Gasteiger partial charge in [0.2, 0.25) is 5.88 Å². The van der Waals surface area contributed by atoms with Crippen LogP contribution in [0.3, 0.4) is 0 Å². The second-order valence-corrected chi connectivity index (χ2v) is 5.36. The lowest BCUT2D eigenvalue weighted by molar-refractivity contribution is 0.397. The fourth-order valence-corrected chi connectivity index (χ4v) is 2.25. The number of aromatic nitrogens is 1. The zero-order chi connectivity index (χ0) is 17.4. The lowest BCUT2D eigenvalue weighted by atomic mass is 10.2. The van der Waals surface area contributed by atoms with Crippen LogP contribution in [0.25, 0.3) is 0 Å². The van der Waals surface area contributed by atoms with Crippen molar-refractivity contribution in [1.29, 1.82) is 0 Å². The van der Waals surface area contributed by atoms with E-state index in [1.807, 2.05) is 37.1 Å². The molecule has 6 heteroatoms. The van der Waals surface area contributed by atoms with Gasteiger partial charge in [0, 0.05) is 32.4 Å². The van der Waals surface area contributed by atoms with Gasteiger partial charge in [-0.2, -0.15) is 0 Å². The van der Waals surface area contributed by atoms with Crippen molar-refractivity contribution < 1.29 is 9.13 Å². The van der Waals surface area contributed by atoms with Gasteiger partial charge in [0.15, 0.2) is 5.96 Å². The largest absolute Gasteiger partial charge is 0.481 e. The number of nitrogens with one attached hydrogen (secondary N) is 1. The Morgan fingerprint density at radius 3 is 2.75 bits per heavy atom. The molecular formula is C18H23FN4O. The van der Waals surface area contributed by atoms with Gasteiger partial charge in [0.25, 0.3) is 0 Å². The van der Waals surface area contributed by atoms with E-state index in [4.69, 9.17) is 4.74 Å². The maximum atomic E-state index is 13.3. The molecule has 5 nitrogen and oxygen atoms in total. The molecule has 1 aromatic heterocycles. The van der Waals surface area contributed by atoms with Crippen LogP contribution in [0.2, 0.25) is 0 Å². The van der Waals surface area contributed by atoms with Crippen molar-refractivity contribution in [2.45, 2.75) is 20.0 Å². The molecule has 0 bridgehead atoms. The fourth-order valence-electron chi connectivity index (χ4n) is 2.25. The highest BCUT2D eigenvalue weighted by molar-refractivity contribution is 5.79. The number of halogens is 1. The quantitative estimate of drug-likeness (QED) is 0.654. The number of nitrogens with zero attached hydrogens (tertiary/aromatic N) is 3. The smallest absolute Gasteiger partial charge is 0.212 e. The van der Waals surface area contributed by atoms with Crippen molar-refractivity contribution in [3.63, 3.8) is 0 Å². The monoisotopic (exact) mass is 330 g/mol. The number of pyridine rings is 1. The fraction of sp³-hybridized carbons (Fsp3) is 0.333. The molecule has 1 N–H and O–H groups in total. The summed E-state index contributed by atoms with van der Waals surface area (Å²) in [5, 5.41) is 3.25. The van der Waals surface area contributed by atoms with Gasteiger partial charge in [0.05, 0.1) is 13.7 Å². The molecular weight excluding hydrogens is 307 g/mol. The first-order valence-electron chi connectivity index (χ1n) is 7.85. The third-order valence-electron chi connectivity index (χ3n) is 3.42. The van der Waals surface area contributed by atoms with E-state index in [1.54, 1.807) is 19.4 Å². The van der Waals surface area contributed by atoms with E-state index >= 15 is 0 Å². The maximum absolute atomic E-state index is 13.3. The molecule has 0 aliphatic rings. The Kier molecular flexibility index (Phi) is 6.54. The average Bonchev–Trinajstić information content (AvgIpc) is 2.59. The first-order chi connectivity index (χ1) is 11.6. The van der Waals surface area contributed by atoms with Crippen LogP contribution in [0.4, 0.5) is 4.39 Å². The summed E-state index contributed by atoms with van der Waals surface area (Å²) in [7, 11) is 3.52. The summed E-state index contributed by atoms with van der Waals surface area (Å²) in [4.78, 5) is 10.8. The van der Waals surface area contributed by atoms with Gasteiger partial charge in [-0.05, 0) is 30.2 Å². The summed E-state index contributed by atoms with van der Waals surface area (Å²) in [6, 6.07) is 10.3. The van der Waals surface area contributed by atoms with Gasteiger partial charge in [-0.15, -0.1) is 0 Å². The SMILES string of the molecule is CCNC(=NCc1ccc(OC)nc1)N(C)Cc1cccc(F)c1. The first kappa shape index (κ1) is 17.7. The number of hydrogen-bond acceptors (Lipinski definition) is 3. The van der Waals surface area contributed by atoms with E-state index in [0.717, 1.165) is 23.6 Å². The molecule has 2 aromatic rings. The molecule has 2 rings (SSSR count). The molecule has 0 unspecified atom stereocenters. The average molecular weight is 330 g/mol. The van der Waals surface area contributed by atoms with Crippen LogP contribution in [-0.2, 0) is 13.1 Å². The van der Waals surface area contributed by atoms with Crippen LogP contribution in [0.15, 0.2) is 47.6 Å². The molecule has 0 atom stereocenters. The van der Waals surface area contributed by atoms with Crippen LogP contribution in [-0.4, -0.2) is 36.5 Å². The number of rotatable bonds is 6. The van der Waals surface area contributed by atoms with Crippen molar-refractivity contribution >= 4 is 5.96 Å². The Balaban J connectivity index is 2.05. The molecule has 0 saturated carbocycles. The second kappa shape index (κ2) is 8.86. The highest BCUT2D eigenvalue weighted by Crippen LogP contribution is 2.09. The van der Waals surface area contributed by atoms with Gasteiger partial charge >= 0.3 is 0 Å². The summed E-state index contributed by atoms with van der Waals surface area (Å²) in [5.41, 5.74) is 1.89. The Morgan fingerprint density at radius 1 is 1.29 bits per heavy atom. The molecule has 0 spiro atoms. The Bertz CT molecular complexity index is 673. The van der Waals surface area contributed by atoms with Gasteiger partial charge in [-0.25, -0.2) is 14.4 Å². The van der Waals surface area contributed by atoms with Crippen molar-refractivity contribution in [1.82, 2.24) is 15.2 Å². The molecule has 0 amide bonds. The second-order valence-electron chi connectivity index (χ2n) is 5.36. The van der Waals surface area contributed by atoms with E-state index < -0.39 is 0 Å². The zero-order valence-electron chi connectivity index (χ0n) is 14.3. The Labute approximate surface area is 142 Å². The minimum absolute atomic E-state index is 0.229. The van der Waals surface area contributed by atoms with Crippen molar-refractivity contribution in [2.24, 2.45) is 4.99 Å². The van der Waals surface area contributed by atoms with Crippen molar-refractivity contribution in [2.75, 3.05) is 20.7 Å². The predicted molar refractivity (Wildman–Crippen MR) is 93.5 cm³/mol. The minimum Gasteiger partial charge on any atom is -0.481 e. The number of methoxy groups -OCH3 is 1. The van der Waals surface area contributed by atoms with E-state index in [1.165, 1.54) is 12.1 Å². The summed E-state index contributed by atoms with van der Waals surface area (Å²) in [6.07, 6.45) is 1.75. The van der Waals surface area contributed by atoms with Crippen molar-refractivity contribution in [3.8, 4) is 5.88 Å². The van der Waals surface area contributed by atoms with E-state index in [0.29, 0.717) is 19.0 Å². The van der Waals surface area contributed by atoms with E-state index in [-0.39, 0.29) is 5.82 Å². The van der Waals surface area contributed by atoms with Crippen LogP contribution in [0.1, 0.15) is 18.1 Å². The van der Waals surface area contributed by atoms with Crippen LogP contribution in [0, 0.1) is 5.82 Å². The standard InChI is InChI=1S/C18H23FN4O/c1-4-20-18(22-12-15-8-9-17(24-3)21-11-15)23(2)13-14-6-5-7-16(19)10-14/h5-11H,4,12-13H2,1-3H3,(H,20,22). The number of aliphatic imine (C=N–C) groups is 1. The summed E-state index contributed by atoms with van der Waals surface area (Å²) in [6.45, 7) is 3.85.